The zero-order chi connectivity index (χ0) is 31.2. The van der Waals surface area contributed by atoms with Crippen molar-refractivity contribution in [2.75, 3.05) is 10.6 Å². The predicted molar refractivity (Wildman–Crippen MR) is 167 cm³/mol. The number of nitrogens with one attached hydrogen (secondary N) is 2. The molecule has 2 aliphatic heterocycles. The van der Waals surface area contributed by atoms with E-state index in [-0.39, 0.29) is 11.5 Å². The number of aliphatic carboxylic acids is 2. The number of hydrogen-bond donors (Lipinski definition) is 7. The second kappa shape index (κ2) is 12.4. The zero-order valence-corrected chi connectivity index (χ0v) is 23.5. The fourth-order valence-electron chi connectivity index (χ4n) is 4.31. The van der Waals surface area contributed by atoms with E-state index in [0.29, 0.717) is 17.1 Å². The van der Waals surface area contributed by atoms with Gasteiger partial charge in [-0.2, -0.15) is 0 Å². The summed E-state index contributed by atoms with van der Waals surface area (Å²) in [6.07, 6.45) is 6.52. The van der Waals surface area contributed by atoms with Crippen LogP contribution in [0.15, 0.2) is 103 Å². The molecule has 9 heteroatoms. The molecule has 0 spiro atoms. The summed E-state index contributed by atoms with van der Waals surface area (Å²) in [4.78, 5) is 22.0. The van der Waals surface area contributed by atoms with Gasteiger partial charge in [-0.1, -0.05) is 78.9 Å². The quantitative estimate of drug-likeness (QED) is 0.136. The molecule has 0 aromatic heterocycles. The van der Waals surface area contributed by atoms with Crippen LogP contribution in [0.4, 0.5) is 11.4 Å². The highest BCUT2D eigenvalue weighted by atomic mass is 16.4. The van der Waals surface area contributed by atoms with Gasteiger partial charge in [-0.05, 0) is 61.4 Å². The number of carboxylic acid groups (broad SMARTS) is 2. The summed E-state index contributed by atoms with van der Waals surface area (Å²) in [5.41, 5.74) is 2.47. The van der Waals surface area contributed by atoms with Crippen molar-refractivity contribution >= 4 is 35.5 Å². The smallest absolute Gasteiger partial charge is 0.333 e. The van der Waals surface area contributed by atoms with Gasteiger partial charge in [0.1, 0.15) is 17.2 Å². The molecule has 0 saturated carbocycles. The number of aromatic hydroxyl groups is 3. The molecule has 4 aromatic rings. The second-order valence-electron chi connectivity index (χ2n) is 10.3. The molecular formula is C34H32N2O7. The standard InChI is InChI=1S/C12H10O.2C11H11NO3/c13-12-8-6-11(7-9-12)10-4-2-1-3-5-10;2*1-11(10(14)15)6-5-7-3-2-4-8(13)9(7)12-11/h1-9,13H;2*2-6,12-13H,1H3,(H,14,15). The first kappa shape index (κ1) is 30.3. The fraction of sp³-hybridized carbons (Fsp3) is 0.118. The summed E-state index contributed by atoms with van der Waals surface area (Å²) in [6, 6.07) is 27.4. The maximum atomic E-state index is 11.0. The van der Waals surface area contributed by atoms with E-state index in [1.165, 1.54) is 17.7 Å². The largest absolute Gasteiger partial charge is 0.508 e. The minimum atomic E-state index is -1.16. The summed E-state index contributed by atoms with van der Waals surface area (Å²) in [5.74, 6) is -1.53. The molecule has 220 valence electrons. The summed E-state index contributed by atoms with van der Waals surface area (Å²) >= 11 is 0. The Morgan fingerprint density at radius 3 is 1.40 bits per heavy atom. The first-order chi connectivity index (χ1) is 20.4. The SMILES string of the molecule is CC1(C(=O)O)C=Cc2cccc(O)c2N1.CC1(C(=O)O)C=Cc2cccc(O)c2N1.Oc1ccc(-c2ccccc2)cc1. The van der Waals surface area contributed by atoms with Crippen LogP contribution in [0.25, 0.3) is 23.3 Å². The Morgan fingerprint density at radius 1 is 0.558 bits per heavy atom. The molecule has 0 saturated heterocycles. The van der Waals surface area contributed by atoms with E-state index in [4.69, 9.17) is 15.3 Å². The Morgan fingerprint density at radius 2 is 0.977 bits per heavy atom. The summed E-state index contributed by atoms with van der Waals surface area (Å²) in [5, 5.41) is 51.9. The van der Waals surface area contributed by atoms with Gasteiger partial charge < -0.3 is 36.2 Å². The third kappa shape index (κ3) is 6.97. The van der Waals surface area contributed by atoms with E-state index in [9.17, 15) is 19.8 Å². The van der Waals surface area contributed by atoms with Gasteiger partial charge in [0.25, 0.3) is 0 Å². The lowest BCUT2D eigenvalue weighted by molar-refractivity contribution is -0.140. The van der Waals surface area contributed by atoms with Crippen LogP contribution in [0.2, 0.25) is 0 Å². The Kier molecular flexibility index (Phi) is 8.76. The molecule has 9 nitrogen and oxygen atoms in total. The van der Waals surface area contributed by atoms with E-state index >= 15 is 0 Å². The van der Waals surface area contributed by atoms with Crippen molar-refractivity contribution in [3.8, 4) is 28.4 Å². The number of fused-ring (bicyclic) bond motifs is 2. The van der Waals surface area contributed by atoms with E-state index in [2.05, 4.69) is 10.6 Å². The number of phenolic OH excluding ortho intramolecular Hbond substituents is 3. The van der Waals surface area contributed by atoms with Gasteiger partial charge in [0, 0.05) is 11.1 Å². The lowest BCUT2D eigenvalue weighted by Crippen LogP contribution is -2.42. The summed E-state index contributed by atoms with van der Waals surface area (Å²) in [6.45, 7) is 3.09. The summed E-state index contributed by atoms with van der Waals surface area (Å²) < 4.78 is 0. The van der Waals surface area contributed by atoms with Crippen molar-refractivity contribution in [1.29, 1.82) is 0 Å². The molecule has 0 amide bonds. The number of rotatable bonds is 3. The Hall–Kier alpha value is -5.70. The van der Waals surface area contributed by atoms with E-state index in [0.717, 1.165) is 16.7 Å². The highest BCUT2D eigenvalue weighted by Crippen LogP contribution is 2.36. The van der Waals surface area contributed by atoms with Crippen LogP contribution >= 0.6 is 0 Å². The highest BCUT2D eigenvalue weighted by molar-refractivity contribution is 5.92. The van der Waals surface area contributed by atoms with Crippen molar-refractivity contribution < 1.29 is 35.1 Å². The Balaban J connectivity index is 0.000000148. The number of benzene rings is 4. The third-order valence-electron chi connectivity index (χ3n) is 6.97. The van der Waals surface area contributed by atoms with Gasteiger partial charge in [0.2, 0.25) is 0 Å². The molecule has 2 atom stereocenters. The topological polar surface area (TPSA) is 159 Å². The molecule has 6 rings (SSSR count). The van der Waals surface area contributed by atoms with Gasteiger partial charge in [-0.3, -0.25) is 0 Å². The fourth-order valence-corrected chi connectivity index (χ4v) is 4.31. The Labute approximate surface area is 248 Å². The molecule has 0 bridgehead atoms. The third-order valence-corrected chi connectivity index (χ3v) is 6.97. The van der Waals surface area contributed by atoms with Gasteiger partial charge >= 0.3 is 11.9 Å². The van der Waals surface area contributed by atoms with Crippen molar-refractivity contribution in [2.24, 2.45) is 0 Å². The molecule has 2 heterocycles. The molecule has 4 aromatic carbocycles. The van der Waals surface area contributed by atoms with Crippen LogP contribution in [0.3, 0.4) is 0 Å². The average Bonchev–Trinajstić information content (AvgIpc) is 3.00. The number of para-hydroxylation sites is 2. The van der Waals surface area contributed by atoms with Crippen LogP contribution < -0.4 is 10.6 Å². The van der Waals surface area contributed by atoms with Gasteiger partial charge in [0.15, 0.2) is 11.1 Å². The molecule has 2 unspecified atom stereocenters. The van der Waals surface area contributed by atoms with Gasteiger partial charge in [-0.25, -0.2) is 9.59 Å². The number of carboxylic acids is 2. The minimum Gasteiger partial charge on any atom is -0.508 e. The van der Waals surface area contributed by atoms with Gasteiger partial charge in [-0.15, -0.1) is 0 Å². The van der Waals surface area contributed by atoms with Crippen molar-refractivity contribution in [2.45, 2.75) is 24.9 Å². The molecule has 2 aliphatic rings. The molecule has 0 radical (unpaired) electrons. The number of anilines is 2. The molecule has 7 N–H and O–H groups in total. The number of hydrogen-bond acceptors (Lipinski definition) is 7. The molecular weight excluding hydrogens is 548 g/mol. The van der Waals surface area contributed by atoms with Gasteiger partial charge in [0.05, 0.1) is 11.4 Å². The van der Waals surface area contributed by atoms with Crippen LogP contribution in [0, 0.1) is 0 Å². The van der Waals surface area contributed by atoms with Crippen LogP contribution in [-0.4, -0.2) is 48.5 Å². The van der Waals surface area contributed by atoms with Crippen molar-refractivity contribution in [3.05, 3.63) is 114 Å². The van der Waals surface area contributed by atoms with Crippen LogP contribution in [0.1, 0.15) is 25.0 Å². The maximum Gasteiger partial charge on any atom is 0.333 e. The number of carbonyl (C=O) groups is 2. The van der Waals surface area contributed by atoms with Crippen molar-refractivity contribution in [3.63, 3.8) is 0 Å². The van der Waals surface area contributed by atoms with Crippen molar-refractivity contribution in [1.82, 2.24) is 0 Å². The van der Waals surface area contributed by atoms with E-state index < -0.39 is 23.0 Å². The van der Waals surface area contributed by atoms with E-state index in [1.807, 2.05) is 42.5 Å². The average molecular weight is 581 g/mol. The zero-order valence-electron chi connectivity index (χ0n) is 23.5. The summed E-state index contributed by atoms with van der Waals surface area (Å²) in [7, 11) is 0. The molecule has 43 heavy (non-hydrogen) atoms. The normalized spacial score (nSPS) is 19.0. The molecule has 0 aliphatic carbocycles. The lowest BCUT2D eigenvalue weighted by Gasteiger charge is -2.28. The van der Waals surface area contributed by atoms with Crippen LogP contribution in [0.5, 0.6) is 17.2 Å². The minimum absolute atomic E-state index is 0.0596. The lowest BCUT2D eigenvalue weighted by atomic mass is 9.94. The predicted octanol–water partition coefficient (Wildman–Crippen LogP) is 6.41. The van der Waals surface area contributed by atoms with Crippen LogP contribution in [-0.2, 0) is 9.59 Å². The maximum absolute atomic E-state index is 11.0. The monoisotopic (exact) mass is 580 g/mol. The Bertz CT molecular complexity index is 1600. The van der Waals surface area contributed by atoms with E-state index in [1.54, 1.807) is 74.5 Å². The first-order valence-corrected chi connectivity index (χ1v) is 13.3. The highest BCUT2D eigenvalue weighted by Gasteiger charge is 2.34. The molecule has 0 fully saturated rings. The first-order valence-electron chi connectivity index (χ1n) is 13.3. The second-order valence-corrected chi connectivity index (χ2v) is 10.3. The number of phenols is 3.